The first-order valence-electron chi connectivity index (χ1n) is 10.6. The zero-order valence-corrected chi connectivity index (χ0v) is 18.6. The number of aryl methyl sites for hydroxylation is 1. The molecule has 6 nitrogen and oxygen atoms in total. The molecule has 3 aromatic carbocycles. The lowest BCUT2D eigenvalue weighted by molar-refractivity contribution is 0.548. The molecule has 4 aromatic rings. The van der Waals surface area contributed by atoms with Gasteiger partial charge in [-0.15, -0.1) is 0 Å². The summed E-state index contributed by atoms with van der Waals surface area (Å²) in [5.41, 5.74) is 2.71. The molecule has 1 fully saturated rings. The van der Waals surface area contributed by atoms with Crippen LogP contribution in [0.1, 0.15) is 12.0 Å². The van der Waals surface area contributed by atoms with E-state index < -0.39 is 14.7 Å². The number of sulfone groups is 1. The summed E-state index contributed by atoms with van der Waals surface area (Å²) in [6.07, 6.45) is 2.08. The third-order valence-electron chi connectivity index (χ3n) is 6.00. The molecule has 0 spiro atoms. The number of fused-ring (bicyclic) bond motifs is 1. The highest BCUT2D eigenvalue weighted by Crippen LogP contribution is 2.32. The van der Waals surface area contributed by atoms with Crippen molar-refractivity contribution in [1.82, 2.24) is 15.3 Å². The number of rotatable bonds is 5. The van der Waals surface area contributed by atoms with Crippen LogP contribution in [0.3, 0.4) is 0 Å². The standard InChI is InChI=1S/C25H24N4O2S/c1-18-6-10-22(11-7-18)32(30,31)25(13-15-26-17-25)29-24-27-14-12-23(28-24)21-9-8-19-4-2-3-5-20(19)16-21/h2-12,14,16,26H,13,15,17H2,1H3,(H,27,28,29)/t25-/m1/s1. The summed E-state index contributed by atoms with van der Waals surface area (Å²) in [6.45, 7) is 2.82. The molecule has 32 heavy (non-hydrogen) atoms. The third kappa shape index (κ3) is 3.63. The topological polar surface area (TPSA) is 84.0 Å². The number of benzene rings is 3. The van der Waals surface area contributed by atoms with Crippen molar-refractivity contribution >= 4 is 26.6 Å². The normalized spacial score (nSPS) is 18.7. The van der Waals surface area contributed by atoms with Crippen LogP contribution in [0.15, 0.2) is 83.9 Å². The van der Waals surface area contributed by atoms with Crippen LogP contribution in [0, 0.1) is 6.92 Å². The lowest BCUT2D eigenvalue weighted by atomic mass is 10.1. The van der Waals surface area contributed by atoms with Crippen LogP contribution in [0.5, 0.6) is 0 Å². The Morgan fingerprint density at radius 3 is 2.50 bits per heavy atom. The van der Waals surface area contributed by atoms with Crippen molar-refractivity contribution in [2.45, 2.75) is 23.1 Å². The molecule has 162 valence electrons. The highest BCUT2D eigenvalue weighted by molar-refractivity contribution is 7.93. The predicted octanol–water partition coefficient (Wildman–Crippen LogP) is 4.18. The average Bonchev–Trinajstić information content (AvgIpc) is 3.29. The molecule has 0 saturated carbocycles. The van der Waals surface area contributed by atoms with Gasteiger partial charge in [-0.2, -0.15) is 0 Å². The van der Waals surface area contributed by atoms with Crippen molar-refractivity contribution in [2.75, 3.05) is 18.4 Å². The van der Waals surface area contributed by atoms with Crippen LogP contribution in [-0.4, -0.2) is 36.3 Å². The maximum absolute atomic E-state index is 13.6. The first kappa shape index (κ1) is 20.6. The molecule has 1 aromatic heterocycles. The second-order valence-corrected chi connectivity index (χ2v) is 10.4. The van der Waals surface area contributed by atoms with Crippen molar-refractivity contribution in [3.63, 3.8) is 0 Å². The molecule has 1 saturated heterocycles. The van der Waals surface area contributed by atoms with E-state index in [0.29, 0.717) is 23.8 Å². The van der Waals surface area contributed by atoms with Crippen molar-refractivity contribution in [3.05, 3.63) is 84.6 Å². The van der Waals surface area contributed by atoms with Crippen LogP contribution < -0.4 is 10.6 Å². The van der Waals surface area contributed by atoms with Gasteiger partial charge in [-0.3, -0.25) is 0 Å². The Labute approximate surface area is 187 Å². The number of nitrogens with zero attached hydrogens (tertiary/aromatic N) is 2. The maximum Gasteiger partial charge on any atom is 0.224 e. The Kier molecular flexibility index (Phi) is 5.15. The third-order valence-corrected chi connectivity index (χ3v) is 8.37. The van der Waals surface area contributed by atoms with E-state index in [0.717, 1.165) is 27.6 Å². The summed E-state index contributed by atoms with van der Waals surface area (Å²) in [7, 11) is -3.68. The molecule has 1 aliphatic rings. The molecule has 1 atom stereocenters. The molecule has 0 radical (unpaired) electrons. The number of aromatic nitrogens is 2. The Morgan fingerprint density at radius 2 is 1.75 bits per heavy atom. The Balaban J connectivity index is 1.51. The number of hydrogen-bond acceptors (Lipinski definition) is 6. The van der Waals surface area contributed by atoms with Gasteiger partial charge in [0.2, 0.25) is 15.8 Å². The Bertz CT molecular complexity index is 1380. The second-order valence-electron chi connectivity index (χ2n) is 8.19. The zero-order valence-electron chi connectivity index (χ0n) is 17.7. The van der Waals surface area contributed by atoms with Gasteiger partial charge in [0, 0.05) is 18.3 Å². The van der Waals surface area contributed by atoms with Crippen molar-refractivity contribution < 1.29 is 8.42 Å². The predicted molar refractivity (Wildman–Crippen MR) is 127 cm³/mol. The molecular formula is C25H24N4O2S. The van der Waals surface area contributed by atoms with Crippen molar-refractivity contribution in [2.24, 2.45) is 0 Å². The summed E-state index contributed by atoms with van der Waals surface area (Å²) in [5, 5.41) is 8.65. The summed E-state index contributed by atoms with van der Waals surface area (Å²) in [5.74, 6) is 0.301. The minimum atomic E-state index is -3.68. The van der Waals surface area contributed by atoms with Crippen LogP contribution in [0.4, 0.5) is 5.95 Å². The molecule has 0 aliphatic carbocycles. The molecule has 7 heteroatoms. The summed E-state index contributed by atoms with van der Waals surface area (Å²) >= 11 is 0. The van der Waals surface area contributed by atoms with Crippen LogP contribution >= 0.6 is 0 Å². The van der Waals surface area contributed by atoms with Crippen LogP contribution in [0.2, 0.25) is 0 Å². The van der Waals surface area contributed by atoms with Gasteiger partial charge in [-0.05, 0) is 54.9 Å². The first-order valence-corrected chi connectivity index (χ1v) is 12.1. The van der Waals surface area contributed by atoms with Gasteiger partial charge in [-0.1, -0.05) is 54.1 Å². The minimum absolute atomic E-state index is 0.284. The Hall–Kier alpha value is -3.29. The van der Waals surface area contributed by atoms with Crippen LogP contribution in [0.25, 0.3) is 22.0 Å². The molecule has 0 bridgehead atoms. The molecule has 0 amide bonds. The van der Waals surface area contributed by atoms with Gasteiger partial charge in [0.15, 0.2) is 4.87 Å². The van der Waals surface area contributed by atoms with Gasteiger partial charge in [0.1, 0.15) is 0 Å². The number of anilines is 1. The number of hydrogen-bond donors (Lipinski definition) is 2. The SMILES string of the molecule is Cc1ccc(S(=O)(=O)[C@]2(Nc3nccc(-c4ccc5ccccc5c4)n3)CCNC2)cc1. The van der Waals surface area contributed by atoms with Crippen molar-refractivity contribution in [3.8, 4) is 11.3 Å². The molecule has 2 N–H and O–H groups in total. The summed E-state index contributed by atoms with van der Waals surface area (Å²) in [4.78, 5) is 8.10. The van der Waals surface area contributed by atoms with Gasteiger partial charge in [-0.25, -0.2) is 18.4 Å². The quantitative estimate of drug-likeness (QED) is 0.480. The molecule has 2 heterocycles. The fourth-order valence-electron chi connectivity index (χ4n) is 4.15. The molecule has 0 unspecified atom stereocenters. The van der Waals surface area contributed by atoms with E-state index in [4.69, 9.17) is 0 Å². The maximum atomic E-state index is 13.6. The summed E-state index contributed by atoms with van der Waals surface area (Å²) in [6, 6.07) is 23.1. The molecular weight excluding hydrogens is 420 g/mol. The molecule has 5 rings (SSSR count). The van der Waals surface area contributed by atoms with Gasteiger partial charge < -0.3 is 10.6 Å². The van der Waals surface area contributed by atoms with E-state index >= 15 is 0 Å². The van der Waals surface area contributed by atoms with Crippen LogP contribution in [-0.2, 0) is 9.84 Å². The van der Waals surface area contributed by atoms with E-state index in [1.54, 1.807) is 18.3 Å². The highest BCUT2D eigenvalue weighted by atomic mass is 32.2. The fraction of sp³-hybridized carbons (Fsp3) is 0.200. The minimum Gasteiger partial charge on any atom is -0.334 e. The largest absolute Gasteiger partial charge is 0.334 e. The Morgan fingerprint density at radius 1 is 0.969 bits per heavy atom. The smallest absolute Gasteiger partial charge is 0.224 e. The van der Waals surface area contributed by atoms with Gasteiger partial charge >= 0.3 is 0 Å². The lowest BCUT2D eigenvalue weighted by Crippen LogP contribution is -2.48. The monoisotopic (exact) mass is 444 g/mol. The van der Waals surface area contributed by atoms with E-state index in [1.807, 2.05) is 43.3 Å². The van der Waals surface area contributed by atoms with E-state index in [1.165, 1.54) is 0 Å². The first-order chi connectivity index (χ1) is 15.5. The van der Waals surface area contributed by atoms with Gasteiger partial charge in [0.05, 0.1) is 10.6 Å². The van der Waals surface area contributed by atoms with Crippen molar-refractivity contribution in [1.29, 1.82) is 0 Å². The zero-order chi connectivity index (χ0) is 22.2. The fourth-order valence-corrected chi connectivity index (χ4v) is 5.98. The lowest BCUT2D eigenvalue weighted by Gasteiger charge is -2.29. The molecule has 1 aliphatic heterocycles. The highest BCUT2D eigenvalue weighted by Gasteiger charge is 2.47. The van der Waals surface area contributed by atoms with E-state index in [2.05, 4.69) is 44.9 Å². The van der Waals surface area contributed by atoms with E-state index in [-0.39, 0.29) is 6.54 Å². The average molecular weight is 445 g/mol. The van der Waals surface area contributed by atoms with Gasteiger partial charge in [0.25, 0.3) is 0 Å². The van der Waals surface area contributed by atoms with E-state index in [9.17, 15) is 8.42 Å². The second kappa shape index (κ2) is 8.00. The summed E-state index contributed by atoms with van der Waals surface area (Å²) < 4.78 is 27.2. The number of nitrogens with one attached hydrogen (secondary N) is 2.